The molecule has 0 aromatic carbocycles. The van der Waals surface area contributed by atoms with Crippen molar-refractivity contribution in [2.75, 3.05) is 6.61 Å². The van der Waals surface area contributed by atoms with Crippen molar-refractivity contribution in [1.82, 2.24) is 0 Å². The maximum Gasteiger partial charge on any atom is 0.305 e. The number of esters is 1. The summed E-state index contributed by atoms with van der Waals surface area (Å²) in [5.74, 6) is 0.0175. The number of hydrogen-bond acceptors (Lipinski definition) is 2. The Hall–Kier alpha value is 0.470. The smallest absolute Gasteiger partial charge is 0.305 e. The Kier molecular flexibility index (Phi) is 29.1. The van der Waals surface area contributed by atoms with Crippen LogP contribution in [0.5, 0.6) is 0 Å². The van der Waals surface area contributed by atoms with Crippen LogP contribution in [-0.4, -0.2) is 42.1 Å². The number of unbranched alkanes of at least 4 members (excludes halogenated alkanes) is 17. The maximum atomic E-state index is 11.7. The quantitative estimate of drug-likeness (QED) is 0.113. The molecule has 0 aromatic heterocycles. The summed E-state index contributed by atoms with van der Waals surface area (Å²) in [6.45, 7) is 5.16. The van der Waals surface area contributed by atoms with E-state index in [0.717, 1.165) is 12.8 Å². The number of ether oxygens (including phenoxy) is 1. The van der Waals surface area contributed by atoms with Crippen LogP contribution in [0.3, 0.4) is 0 Å². The predicted molar refractivity (Wildman–Crippen MR) is 120 cm³/mol. The molecule has 157 valence electrons. The molecule has 0 aliphatic rings. The van der Waals surface area contributed by atoms with Crippen LogP contribution >= 0.6 is 0 Å². The molecule has 0 heterocycles. The number of hydrogen-bond donors (Lipinski definition) is 0. The van der Waals surface area contributed by atoms with Crippen molar-refractivity contribution in [2.45, 2.75) is 142 Å². The molecule has 0 atom stereocenters. The molecule has 0 aliphatic heterocycles. The maximum absolute atomic E-state index is 11.7. The normalized spacial score (nSPS) is 10.6. The van der Waals surface area contributed by atoms with Gasteiger partial charge >= 0.3 is 5.97 Å². The Bertz CT molecular complexity index is 282. The van der Waals surface area contributed by atoms with Gasteiger partial charge in [0, 0.05) is 36.0 Å². The molecule has 0 bridgehead atoms. The first-order valence-corrected chi connectivity index (χ1v) is 12.0. The van der Waals surface area contributed by atoms with E-state index in [9.17, 15) is 4.79 Å². The summed E-state index contributed by atoms with van der Waals surface area (Å²) in [4.78, 5) is 11.7. The van der Waals surface area contributed by atoms with Crippen LogP contribution in [0.25, 0.3) is 0 Å². The molecule has 0 amide bonds. The summed E-state index contributed by atoms with van der Waals surface area (Å²) >= 11 is 0. The van der Waals surface area contributed by atoms with Crippen LogP contribution in [0.1, 0.15) is 142 Å². The molecule has 0 spiro atoms. The second kappa shape index (κ2) is 26.5. The number of rotatable bonds is 21. The summed E-state index contributed by atoms with van der Waals surface area (Å²) < 4.78 is 5.35. The van der Waals surface area contributed by atoms with Crippen molar-refractivity contribution in [3.05, 3.63) is 0 Å². The summed E-state index contributed by atoms with van der Waals surface area (Å²) in [6, 6.07) is 0. The first-order valence-electron chi connectivity index (χ1n) is 12.0. The van der Waals surface area contributed by atoms with Gasteiger partial charge in [0.05, 0.1) is 6.61 Å². The Morgan fingerprint density at radius 1 is 0.519 bits per heavy atom. The van der Waals surface area contributed by atoms with Crippen molar-refractivity contribution in [3.8, 4) is 0 Å². The van der Waals surface area contributed by atoms with Crippen LogP contribution < -0.4 is 0 Å². The van der Waals surface area contributed by atoms with E-state index in [1.165, 1.54) is 109 Å². The van der Waals surface area contributed by atoms with Gasteiger partial charge in [0.25, 0.3) is 0 Å². The van der Waals surface area contributed by atoms with Gasteiger partial charge < -0.3 is 4.74 Å². The van der Waals surface area contributed by atoms with Crippen molar-refractivity contribution in [3.63, 3.8) is 0 Å². The standard InChI is InChI=1S/C24H48O2.Na/c1-3-5-7-9-11-13-15-17-19-21-23-26-24(25)22-20-18-16-14-12-10-8-6-4-2;/h3-23H2,1-2H3;. The van der Waals surface area contributed by atoms with Crippen LogP contribution in [0.2, 0.25) is 0 Å². The fraction of sp³-hybridized carbons (Fsp3) is 0.958. The van der Waals surface area contributed by atoms with Gasteiger partial charge in [-0.1, -0.05) is 123 Å². The van der Waals surface area contributed by atoms with Gasteiger partial charge in [0.15, 0.2) is 0 Å². The largest absolute Gasteiger partial charge is 0.466 e. The third kappa shape index (κ3) is 26.5. The van der Waals surface area contributed by atoms with Gasteiger partial charge in [-0.2, -0.15) is 0 Å². The van der Waals surface area contributed by atoms with E-state index in [-0.39, 0.29) is 35.5 Å². The van der Waals surface area contributed by atoms with Gasteiger partial charge in [-0.15, -0.1) is 0 Å². The van der Waals surface area contributed by atoms with Crippen LogP contribution in [0.4, 0.5) is 0 Å². The van der Waals surface area contributed by atoms with Crippen molar-refractivity contribution in [1.29, 1.82) is 0 Å². The molecule has 3 heteroatoms. The summed E-state index contributed by atoms with van der Waals surface area (Å²) in [6.07, 6.45) is 25.5. The Balaban J connectivity index is 0. The molecule has 0 N–H and O–H groups in total. The Labute approximate surface area is 193 Å². The van der Waals surface area contributed by atoms with Crippen LogP contribution in [0, 0.1) is 0 Å². The zero-order valence-electron chi connectivity index (χ0n) is 19.2. The number of carbonyl (C=O) groups excluding carboxylic acids is 1. The van der Waals surface area contributed by atoms with E-state index in [4.69, 9.17) is 4.74 Å². The second-order valence-corrected chi connectivity index (χ2v) is 7.98. The fourth-order valence-corrected chi connectivity index (χ4v) is 3.43. The Morgan fingerprint density at radius 3 is 1.26 bits per heavy atom. The molecule has 1 radical (unpaired) electrons. The molecule has 27 heavy (non-hydrogen) atoms. The topological polar surface area (TPSA) is 26.3 Å². The summed E-state index contributed by atoms with van der Waals surface area (Å²) in [7, 11) is 0. The third-order valence-corrected chi connectivity index (χ3v) is 5.25. The molecule has 0 rings (SSSR count). The molecular formula is C24H48NaO2. The second-order valence-electron chi connectivity index (χ2n) is 7.98. The van der Waals surface area contributed by atoms with Crippen LogP contribution in [-0.2, 0) is 9.53 Å². The zero-order chi connectivity index (χ0) is 19.1. The molecule has 0 saturated heterocycles. The summed E-state index contributed by atoms with van der Waals surface area (Å²) in [5.41, 5.74) is 0. The van der Waals surface area contributed by atoms with Gasteiger partial charge in [0.1, 0.15) is 0 Å². The first-order chi connectivity index (χ1) is 12.8. The minimum absolute atomic E-state index is 0. The van der Waals surface area contributed by atoms with Gasteiger partial charge in [0.2, 0.25) is 0 Å². The SMILES string of the molecule is CCCCCCCCCCCCOC(=O)CCCCCCCCCCC.[Na]. The van der Waals surface area contributed by atoms with Crippen LogP contribution in [0.15, 0.2) is 0 Å². The van der Waals surface area contributed by atoms with Gasteiger partial charge in [-0.25, -0.2) is 0 Å². The van der Waals surface area contributed by atoms with E-state index in [2.05, 4.69) is 13.8 Å². The number of carbonyl (C=O) groups is 1. The van der Waals surface area contributed by atoms with E-state index in [1.807, 2.05) is 0 Å². The van der Waals surface area contributed by atoms with Gasteiger partial charge in [-0.3, -0.25) is 4.79 Å². The zero-order valence-corrected chi connectivity index (χ0v) is 21.2. The molecule has 0 aliphatic carbocycles. The average molecular weight is 392 g/mol. The van der Waals surface area contributed by atoms with Crippen molar-refractivity contribution < 1.29 is 9.53 Å². The molecule has 2 nitrogen and oxygen atoms in total. The molecule has 0 saturated carbocycles. The summed E-state index contributed by atoms with van der Waals surface area (Å²) in [5, 5.41) is 0. The average Bonchev–Trinajstić information content (AvgIpc) is 2.64. The minimum Gasteiger partial charge on any atom is -0.466 e. The minimum atomic E-state index is 0. The van der Waals surface area contributed by atoms with E-state index in [1.54, 1.807) is 0 Å². The van der Waals surface area contributed by atoms with E-state index in [0.29, 0.717) is 13.0 Å². The fourth-order valence-electron chi connectivity index (χ4n) is 3.43. The van der Waals surface area contributed by atoms with E-state index < -0.39 is 0 Å². The third-order valence-electron chi connectivity index (χ3n) is 5.25. The molecule has 0 fully saturated rings. The molecule has 0 aromatic rings. The molecule has 0 unspecified atom stereocenters. The van der Waals surface area contributed by atoms with Crippen molar-refractivity contribution >= 4 is 35.5 Å². The Morgan fingerprint density at radius 2 is 0.852 bits per heavy atom. The predicted octanol–water partition coefficient (Wildman–Crippen LogP) is 7.99. The van der Waals surface area contributed by atoms with Crippen molar-refractivity contribution in [2.24, 2.45) is 0 Å². The first kappa shape index (κ1) is 29.7. The van der Waals surface area contributed by atoms with E-state index >= 15 is 0 Å². The van der Waals surface area contributed by atoms with Gasteiger partial charge in [-0.05, 0) is 12.8 Å². The monoisotopic (exact) mass is 391 g/mol. The molecular weight excluding hydrogens is 343 g/mol.